The summed E-state index contributed by atoms with van der Waals surface area (Å²) in [6, 6.07) is 6.87. The summed E-state index contributed by atoms with van der Waals surface area (Å²) in [4.78, 5) is 0. The summed E-state index contributed by atoms with van der Waals surface area (Å²) >= 11 is 0. The zero-order valence-corrected chi connectivity index (χ0v) is 13.5. The molecule has 2 N–H and O–H groups in total. The van der Waals surface area contributed by atoms with Gasteiger partial charge in [-0.05, 0) is 62.1 Å². The van der Waals surface area contributed by atoms with Crippen LogP contribution in [0.5, 0.6) is 0 Å². The van der Waals surface area contributed by atoms with Gasteiger partial charge in [0.25, 0.3) is 0 Å². The molecule has 1 aliphatic carbocycles. The van der Waals surface area contributed by atoms with E-state index in [9.17, 15) is 0 Å². The number of hydrogen-bond donors (Lipinski definition) is 1. The van der Waals surface area contributed by atoms with Gasteiger partial charge in [0.1, 0.15) is 0 Å². The second-order valence-corrected chi connectivity index (χ2v) is 7.21. The van der Waals surface area contributed by atoms with E-state index in [0.29, 0.717) is 5.92 Å². The SMILES string of the molecule is Cc1ccc(C(N)C2CCOC3(CCCCC3)C2)cc1C. The quantitative estimate of drug-likeness (QED) is 0.873. The minimum absolute atomic E-state index is 0.151. The Bertz CT molecular complexity index is 485. The summed E-state index contributed by atoms with van der Waals surface area (Å²) < 4.78 is 6.21. The molecule has 116 valence electrons. The van der Waals surface area contributed by atoms with Crippen LogP contribution in [0.1, 0.15) is 67.7 Å². The first-order valence-electron chi connectivity index (χ1n) is 8.56. The Morgan fingerprint density at radius 2 is 1.90 bits per heavy atom. The summed E-state index contributed by atoms with van der Waals surface area (Å²) in [6.45, 7) is 5.23. The fraction of sp³-hybridized carbons (Fsp3) is 0.684. The van der Waals surface area contributed by atoms with E-state index >= 15 is 0 Å². The number of aryl methyl sites for hydroxylation is 2. The number of nitrogens with two attached hydrogens (primary N) is 1. The predicted octanol–water partition coefficient (Wildman–Crippen LogP) is 4.43. The number of benzene rings is 1. The predicted molar refractivity (Wildman–Crippen MR) is 87.3 cm³/mol. The first kappa shape index (κ1) is 15.1. The molecule has 1 aliphatic heterocycles. The first-order chi connectivity index (χ1) is 10.1. The van der Waals surface area contributed by atoms with E-state index in [1.807, 2.05) is 0 Å². The standard InChI is InChI=1S/C19H29NO/c1-14-6-7-16(12-15(14)2)18(20)17-8-11-21-19(13-17)9-4-3-5-10-19/h6-7,12,17-18H,3-5,8-11,13,20H2,1-2H3. The number of hydrogen-bond acceptors (Lipinski definition) is 2. The highest BCUT2D eigenvalue weighted by atomic mass is 16.5. The molecule has 1 saturated carbocycles. The highest BCUT2D eigenvalue weighted by Crippen LogP contribution is 2.43. The van der Waals surface area contributed by atoms with Crippen LogP contribution in [-0.2, 0) is 4.74 Å². The van der Waals surface area contributed by atoms with Gasteiger partial charge in [-0.2, -0.15) is 0 Å². The molecule has 0 radical (unpaired) electrons. The molecule has 2 nitrogen and oxygen atoms in total. The zero-order valence-electron chi connectivity index (χ0n) is 13.5. The van der Waals surface area contributed by atoms with Crippen molar-refractivity contribution in [3.05, 3.63) is 34.9 Å². The maximum absolute atomic E-state index is 6.62. The Hall–Kier alpha value is -0.860. The van der Waals surface area contributed by atoms with Crippen molar-refractivity contribution in [2.45, 2.75) is 70.4 Å². The summed E-state index contributed by atoms with van der Waals surface area (Å²) in [7, 11) is 0. The van der Waals surface area contributed by atoms with Gasteiger partial charge in [0, 0.05) is 12.6 Å². The van der Waals surface area contributed by atoms with Gasteiger partial charge in [0.05, 0.1) is 5.60 Å². The van der Waals surface area contributed by atoms with E-state index in [4.69, 9.17) is 10.5 Å². The van der Waals surface area contributed by atoms with Crippen LogP contribution in [0, 0.1) is 19.8 Å². The van der Waals surface area contributed by atoms with Gasteiger partial charge >= 0.3 is 0 Å². The topological polar surface area (TPSA) is 35.2 Å². The monoisotopic (exact) mass is 287 g/mol. The van der Waals surface area contributed by atoms with Crippen LogP contribution in [0.2, 0.25) is 0 Å². The lowest BCUT2D eigenvalue weighted by atomic mass is 9.73. The summed E-state index contributed by atoms with van der Waals surface area (Å²) in [5, 5.41) is 0. The van der Waals surface area contributed by atoms with Crippen LogP contribution < -0.4 is 5.73 Å². The molecule has 2 atom stereocenters. The Morgan fingerprint density at radius 3 is 2.62 bits per heavy atom. The van der Waals surface area contributed by atoms with Crippen molar-refractivity contribution in [3.63, 3.8) is 0 Å². The maximum atomic E-state index is 6.62. The molecule has 3 rings (SSSR count). The van der Waals surface area contributed by atoms with Gasteiger partial charge in [-0.1, -0.05) is 37.5 Å². The molecule has 2 fully saturated rings. The highest BCUT2D eigenvalue weighted by molar-refractivity contribution is 5.32. The minimum atomic E-state index is 0.151. The second-order valence-electron chi connectivity index (χ2n) is 7.21. The second kappa shape index (κ2) is 6.10. The van der Waals surface area contributed by atoms with E-state index < -0.39 is 0 Å². The van der Waals surface area contributed by atoms with Crippen molar-refractivity contribution in [3.8, 4) is 0 Å². The van der Waals surface area contributed by atoms with Crippen molar-refractivity contribution >= 4 is 0 Å². The van der Waals surface area contributed by atoms with Crippen molar-refractivity contribution in [2.24, 2.45) is 11.7 Å². The lowest BCUT2D eigenvalue weighted by Gasteiger charge is -2.45. The van der Waals surface area contributed by atoms with E-state index in [2.05, 4.69) is 32.0 Å². The van der Waals surface area contributed by atoms with Crippen LogP contribution in [0.3, 0.4) is 0 Å². The molecule has 1 aromatic rings. The average Bonchev–Trinajstić information content (AvgIpc) is 2.50. The molecule has 21 heavy (non-hydrogen) atoms. The Morgan fingerprint density at radius 1 is 1.14 bits per heavy atom. The van der Waals surface area contributed by atoms with Gasteiger partial charge in [-0.15, -0.1) is 0 Å². The van der Waals surface area contributed by atoms with E-state index in [1.165, 1.54) is 48.8 Å². The third-order valence-corrected chi connectivity index (χ3v) is 5.72. The normalized spacial score (nSPS) is 26.7. The van der Waals surface area contributed by atoms with Crippen LogP contribution >= 0.6 is 0 Å². The average molecular weight is 287 g/mol. The smallest absolute Gasteiger partial charge is 0.0685 e. The fourth-order valence-electron chi connectivity index (χ4n) is 4.16. The molecule has 1 saturated heterocycles. The largest absolute Gasteiger partial charge is 0.375 e. The molecule has 2 heteroatoms. The molecule has 0 amide bonds. The summed E-state index contributed by atoms with van der Waals surface area (Å²) in [6.07, 6.45) is 8.76. The van der Waals surface area contributed by atoms with Crippen molar-refractivity contribution in [2.75, 3.05) is 6.61 Å². The summed E-state index contributed by atoms with van der Waals surface area (Å²) in [5.74, 6) is 0.568. The zero-order chi connectivity index (χ0) is 14.9. The van der Waals surface area contributed by atoms with Gasteiger partial charge in [0.2, 0.25) is 0 Å². The third kappa shape index (κ3) is 3.17. The summed E-state index contributed by atoms with van der Waals surface area (Å²) in [5.41, 5.74) is 10.8. The Balaban J connectivity index is 1.74. The Kier molecular flexibility index (Phi) is 4.37. The molecule has 1 heterocycles. The lowest BCUT2D eigenvalue weighted by Crippen LogP contribution is -2.44. The van der Waals surface area contributed by atoms with Crippen LogP contribution in [0.25, 0.3) is 0 Å². The molecule has 0 bridgehead atoms. The Labute approximate surface area is 129 Å². The minimum Gasteiger partial charge on any atom is -0.375 e. The number of rotatable bonds is 2. The lowest BCUT2D eigenvalue weighted by molar-refractivity contribution is -0.120. The molecule has 2 aliphatic rings. The first-order valence-corrected chi connectivity index (χ1v) is 8.56. The third-order valence-electron chi connectivity index (χ3n) is 5.72. The van der Waals surface area contributed by atoms with Gasteiger partial charge < -0.3 is 10.5 Å². The highest BCUT2D eigenvalue weighted by Gasteiger charge is 2.40. The van der Waals surface area contributed by atoms with Crippen molar-refractivity contribution in [1.29, 1.82) is 0 Å². The van der Waals surface area contributed by atoms with E-state index in [-0.39, 0.29) is 11.6 Å². The van der Waals surface area contributed by atoms with E-state index in [0.717, 1.165) is 19.4 Å². The molecule has 1 aromatic carbocycles. The van der Waals surface area contributed by atoms with E-state index in [1.54, 1.807) is 0 Å². The fourth-order valence-corrected chi connectivity index (χ4v) is 4.16. The maximum Gasteiger partial charge on any atom is 0.0685 e. The van der Waals surface area contributed by atoms with Gasteiger partial charge in [0.15, 0.2) is 0 Å². The van der Waals surface area contributed by atoms with Gasteiger partial charge in [-0.25, -0.2) is 0 Å². The van der Waals surface area contributed by atoms with Crippen LogP contribution in [-0.4, -0.2) is 12.2 Å². The van der Waals surface area contributed by atoms with Crippen molar-refractivity contribution in [1.82, 2.24) is 0 Å². The molecule has 2 unspecified atom stereocenters. The molecule has 0 aromatic heterocycles. The van der Waals surface area contributed by atoms with Crippen molar-refractivity contribution < 1.29 is 4.74 Å². The molecular weight excluding hydrogens is 258 g/mol. The van der Waals surface area contributed by atoms with Crippen LogP contribution in [0.4, 0.5) is 0 Å². The molecule has 1 spiro atoms. The molecular formula is C19H29NO. The number of ether oxygens (including phenoxy) is 1. The van der Waals surface area contributed by atoms with Crippen LogP contribution in [0.15, 0.2) is 18.2 Å². The van der Waals surface area contributed by atoms with Gasteiger partial charge in [-0.3, -0.25) is 0 Å².